The first-order valence-electron chi connectivity index (χ1n) is 14.9. The minimum absolute atomic E-state index is 0. The lowest BCUT2D eigenvalue weighted by molar-refractivity contribution is -0.139. The smallest absolute Gasteiger partial charge is 0.229 e. The molecule has 1 atom stereocenters. The molecule has 5 rings (SSSR count). The van der Waals surface area contributed by atoms with Crippen molar-refractivity contribution in [3.63, 3.8) is 0 Å². The number of likely N-dealkylation sites (tertiary alicyclic amines) is 2. The zero-order chi connectivity index (χ0) is 28.2. The number of carbonyl (C=O) groups excluding carboxylic acids is 2. The van der Waals surface area contributed by atoms with Crippen molar-refractivity contribution in [2.75, 3.05) is 32.4 Å². The summed E-state index contributed by atoms with van der Waals surface area (Å²) < 4.78 is 23.5. The Morgan fingerprint density at radius 1 is 0.976 bits per heavy atom. The molecule has 2 amide bonds. The van der Waals surface area contributed by atoms with Crippen molar-refractivity contribution in [1.29, 1.82) is 0 Å². The summed E-state index contributed by atoms with van der Waals surface area (Å²) in [5.74, 6) is 0.937. The molecule has 2 aromatic rings. The number of sulfone groups is 1. The van der Waals surface area contributed by atoms with Crippen LogP contribution in [0.25, 0.3) is 0 Å². The number of halogens is 1. The number of piperidine rings is 1. The maximum atomic E-state index is 13.5. The molecular formula is C32H44ClN3O4S. The van der Waals surface area contributed by atoms with Gasteiger partial charge in [0.25, 0.3) is 0 Å². The predicted octanol–water partition coefficient (Wildman–Crippen LogP) is 5.15. The molecule has 2 aliphatic heterocycles. The van der Waals surface area contributed by atoms with Crippen LogP contribution in [0.2, 0.25) is 0 Å². The number of carbonyl (C=O) groups is 2. The van der Waals surface area contributed by atoms with Crippen molar-refractivity contribution >= 4 is 34.1 Å². The minimum Gasteiger partial charge on any atom is -0.349 e. The van der Waals surface area contributed by atoms with Crippen LogP contribution >= 0.6 is 12.4 Å². The van der Waals surface area contributed by atoms with Crippen LogP contribution in [0, 0.1) is 11.3 Å². The van der Waals surface area contributed by atoms with Crippen LogP contribution in [0.5, 0.6) is 0 Å². The maximum Gasteiger partial charge on any atom is 0.229 e. The number of rotatable bonds is 10. The number of hydrogen-bond acceptors (Lipinski definition) is 5. The van der Waals surface area contributed by atoms with Gasteiger partial charge in [-0.25, -0.2) is 8.42 Å². The van der Waals surface area contributed by atoms with Gasteiger partial charge in [-0.3, -0.25) is 9.59 Å². The molecule has 9 heteroatoms. The van der Waals surface area contributed by atoms with E-state index >= 15 is 0 Å². The van der Waals surface area contributed by atoms with Crippen molar-refractivity contribution in [2.24, 2.45) is 11.3 Å². The van der Waals surface area contributed by atoms with E-state index in [1.807, 2.05) is 35.2 Å². The number of benzene rings is 2. The molecule has 7 nitrogen and oxygen atoms in total. The molecule has 1 aliphatic carbocycles. The molecule has 0 bridgehead atoms. The first-order valence-corrected chi connectivity index (χ1v) is 16.8. The van der Waals surface area contributed by atoms with Crippen molar-refractivity contribution in [3.8, 4) is 0 Å². The van der Waals surface area contributed by atoms with Gasteiger partial charge >= 0.3 is 0 Å². The van der Waals surface area contributed by atoms with E-state index in [1.54, 1.807) is 12.1 Å². The fraction of sp³-hybridized carbons (Fsp3) is 0.562. The van der Waals surface area contributed by atoms with Crippen LogP contribution in [0.1, 0.15) is 75.0 Å². The van der Waals surface area contributed by atoms with Crippen molar-refractivity contribution in [1.82, 2.24) is 15.1 Å². The molecule has 1 saturated carbocycles. The van der Waals surface area contributed by atoms with E-state index in [9.17, 15) is 18.0 Å². The fourth-order valence-electron chi connectivity index (χ4n) is 6.82. The van der Waals surface area contributed by atoms with Gasteiger partial charge in [-0.1, -0.05) is 55.3 Å². The first-order chi connectivity index (χ1) is 19.2. The molecule has 2 saturated heterocycles. The number of nitrogens with zero attached hydrogens (tertiary/aromatic N) is 2. The Morgan fingerprint density at radius 2 is 1.61 bits per heavy atom. The fourth-order valence-corrected chi connectivity index (χ4v) is 7.45. The summed E-state index contributed by atoms with van der Waals surface area (Å²) in [7, 11) is -3.23. The Hall–Kier alpha value is -2.42. The standard InChI is InChI=1S/C32H43N3O4S.ClH/c1-40(38,39)28-13-11-26(12-14-28)24-35-22-18-32(31(35)37)16-20-34(21-17-32)19-15-29(27-9-3-2-4-10-27)33-30(36)23-25-7-5-6-8-25;/h2-4,9-14,25,29H,5-8,15-24H2,1H3,(H,33,36);1H. The Kier molecular flexibility index (Phi) is 10.5. The SMILES string of the molecule is CS(=O)(=O)c1ccc(CN2CCC3(CCN(CCC(NC(=O)CC4CCCC4)c4ccccc4)CC3)C2=O)cc1.Cl. The lowest BCUT2D eigenvalue weighted by Gasteiger charge is -2.38. The predicted molar refractivity (Wildman–Crippen MR) is 163 cm³/mol. The van der Waals surface area contributed by atoms with Crippen molar-refractivity contribution < 1.29 is 18.0 Å². The third-order valence-electron chi connectivity index (χ3n) is 9.36. The highest BCUT2D eigenvalue weighted by molar-refractivity contribution is 7.90. The van der Waals surface area contributed by atoms with Crippen LogP contribution in [-0.2, 0) is 26.0 Å². The van der Waals surface area contributed by atoms with E-state index in [2.05, 4.69) is 22.3 Å². The summed E-state index contributed by atoms with van der Waals surface area (Å²) in [6, 6.07) is 17.2. The topological polar surface area (TPSA) is 86.8 Å². The monoisotopic (exact) mass is 601 g/mol. The molecule has 41 heavy (non-hydrogen) atoms. The Bertz CT molecular complexity index is 1270. The van der Waals surface area contributed by atoms with Crippen LogP contribution in [-0.4, -0.2) is 62.5 Å². The van der Waals surface area contributed by atoms with Gasteiger partial charge in [0.1, 0.15) is 0 Å². The summed E-state index contributed by atoms with van der Waals surface area (Å²) in [6.45, 7) is 3.94. The molecule has 0 radical (unpaired) electrons. The molecule has 224 valence electrons. The highest BCUT2D eigenvalue weighted by atomic mass is 35.5. The highest BCUT2D eigenvalue weighted by Gasteiger charge is 2.47. The van der Waals surface area contributed by atoms with E-state index in [1.165, 1.54) is 31.9 Å². The molecule has 0 aromatic heterocycles. The highest BCUT2D eigenvalue weighted by Crippen LogP contribution is 2.42. The molecule has 1 N–H and O–H groups in total. The normalized spacial score (nSPS) is 20.2. The third-order valence-corrected chi connectivity index (χ3v) is 10.5. The Morgan fingerprint density at radius 3 is 2.24 bits per heavy atom. The first kappa shape index (κ1) is 31.5. The average molecular weight is 602 g/mol. The van der Waals surface area contributed by atoms with Gasteiger partial charge in [-0.05, 0) is 80.8 Å². The molecule has 1 spiro atoms. The Labute approximate surface area is 251 Å². The third kappa shape index (κ3) is 7.90. The average Bonchev–Trinajstić information content (AvgIpc) is 3.56. The van der Waals surface area contributed by atoms with E-state index in [4.69, 9.17) is 0 Å². The second-order valence-corrected chi connectivity index (χ2v) is 14.2. The van der Waals surface area contributed by atoms with Gasteiger partial charge in [-0.2, -0.15) is 0 Å². The van der Waals surface area contributed by atoms with Crippen LogP contribution in [0.3, 0.4) is 0 Å². The minimum atomic E-state index is -3.23. The summed E-state index contributed by atoms with van der Waals surface area (Å²) in [5, 5.41) is 3.34. The molecule has 1 unspecified atom stereocenters. The quantitative estimate of drug-likeness (QED) is 0.407. The molecule has 3 fully saturated rings. The van der Waals surface area contributed by atoms with Crippen LogP contribution in [0.4, 0.5) is 0 Å². The van der Waals surface area contributed by atoms with Gasteiger partial charge in [0.2, 0.25) is 11.8 Å². The summed E-state index contributed by atoms with van der Waals surface area (Å²) in [5.41, 5.74) is 1.83. The van der Waals surface area contributed by atoms with E-state index in [0.717, 1.165) is 63.0 Å². The molecule has 2 heterocycles. The number of hydrogen-bond donors (Lipinski definition) is 1. The van der Waals surface area contributed by atoms with E-state index in [0.29, 0.717) is 23.8 Å². The summed E-state index contributed by atoms with van der Waals surface area (Å²) in [6.07, 6.45) is 10.1. The number of amides is 2. The molecular weight excluding hydrogens is 558 g/mol. The Balaban J connectivity index is 0.00000387. The van der Waals surface area contributed by atoms with Gasteiger partial charge in [0.05, 0.1) is 16.4 Å². The van der Waals surface area contributed by atoms with Gasteiger partial charge < -0.3 is 15.1 Å². The van der Waals surface area contributed by atoms with Gasteiger partial charge in [-0.15, -0.1) is 12.4 Å². The zero-order valence-electron chi connectivity index (χ0n) is 24.1. The van der Waals surface area contributed by atoms with Crippen LogP contribution in [0.15, 0.2) is 59.5 Å². The van der Waals surface area contributed by atoms with E-state index < -0.39 is 9.84 Å². The van der Waals surface area contributed by atoms with Crippen molar-refractivity contribution in [3.05, 3.63) is 65.7 Å². The van der Waals surface area contributed by atoms with Crippen LogP contribution < -0.4 is 5.32 Å². The van der Waals surface area contributed by atoms with Gasteiger partial charge in [0.15, 0.2) is 9.84 Å². The largest absolute Gasteiger partial charge is 0.349 e. The lowest BCUT2D eigenvalue weighted by Crippen LogP contribution is -2.45. The van der Waals surface area contributed by atoms with E-state index in [-0.39, 0.29) is 35.7 Å². The molecule has 3 aliphatic rings. The van der Waals surface area contributed by atoms with Gasteiger partial charge in [0, 0.05) is 32.3 Å². The lowest BCUT2D eigenvalue weighted by atomic mass is 9.77. The summed E-state index contributed by atoms with van der Waals surface area (Å²) >= 11 is 0. The summed E-state index contributed by atoms with van der Waals surface area (Å²) in [4.78, 5) is 31.1. The van der Waals surface area contributed by atoms with Crippen molar-refractivity contribution in [2.45, 2.75) is 75.3 Å². The maximum absolute atomic E-state index is 13.5. The number of nitrogens with one attached hydrogen (secondary N) is 1. The zero-order valence-corrected chi connectivity index (χ0v) is 25.7. The second kappa shape index (κ2) is 13.7. The second-order valence-electron chi connectivity index (χ2n) is 12.2. The molecule has 2 aromatic carbocycles.